The van der Waals surface area contributed by atoms with Crippen LogP contribution in [0.1, 0.15) is 40.0 Å². The third kappa shape index (κ3) is 5.40. The van der Waals surface area contributed by atoms with Crippen LogP contribution in [0.15, 0.2) is 47.9 Å². The molecule has 32 heavy (non-hydrogen) atoms. The van der Waals surface area contributed by atoms with Crippen molar-refractivity contribution in [2.24, 2.45) is 11.5 Å². The zero-order chi connectivity index (χ0) is 23.3. The van der Waals surface area contributed by atoms with E-state index in [1.54, 1.807) is 30.3 Å². The minimum absolute atomic E-state index is 0.0131. The summed E-state index contributed by atoms with van der Waals surface area (Å²) in [5.74, 6) is -0.808. The number of amidine groups is 1. The number of hydrogen-bond acceptors (Lipinski definition) is 5. The summed E-state index contributed by atoms with van der Waals surface area (Å²) in [5.41, 5.74) is 12.7. The second-order valence-electron chi connectivity index (χ2n) is 8.10. The summed E-state index contributed by atoms with van der Waals surface area (Å²) in [4.78, 5) is 37.5. The van der Waals surface area contributed by atoms with E-state index >= 15 is 0 Å². The van der Waals surface area contributed by atoms with Crippen molar-refractivity contribution in [1.82, 2.24) is 16.0 Å². The maximum atomic E-state index is 12.8. The maximum absolute atomic E-state index is 12.8. The molecule has 3 rings (SSSR count). The van der Waals surface area contributed by atoms with E-state index in [4.69, 9.17) is 16.9 Å². The number of amides is 3. The number of hydrogen-bond donors (Lipinski definition) is 6. The van der Waals surface area contributed by atoms with Gasteiger partial charge < -0.3 is 27.4 Å². The van der Waals surface area contributed by atoms with Crippen LogP contribution in [0.25, 0.3) is 0 Å². The van der Waals surface area contributed by atoms with Gasteiger partial charge in [0, 0.05) is 56.1 Å². The second kappa shape index (κ2) is 9.75. The highest BCUT2D eigenvalue weighted by atomic mass is 16.2. The predicted molar refractivity (Wildman–Crippen MR) is 120 cm³/mol. The summed E-state index contributed by atoms with van der Waals surface area (Å²) in [6.07, 6.45) is 5.85. The molecular formula is C22H30N7O3+. The summed E-state index contributed by atoms with van der Waals surface area (Å²) in [6.45, 7) is 1.01. The molecule has 0 spiro atoms. The zero-order valence-electron chi connectivity index (χ0n) is 18.1. The zero-order valence-corrected chi connectivity index (χ0v) is 18.1. The third-order valence-corrected chi connectivity index (χ3v) is 5.53. The highest BCUT2D eigenvalue weighted by Gasteiger charge is 2.49. The standard InChI is InChI=1S/C22H29N7O3/c1-29(17-6-7-17)13-16(12-18(29)22(32)26-10-8-19(24)25)28-21(31)15-4-2-14(3-5-15)20(30)27-11-9-23/h2-5,12-13,17H,6-11,23H2,1H3,(H5-,24,25,26,27,28,30,31,32)/p+1. The number of benzene rings is 1. The van der Waals surface area contributed by atoms with Crippen LogP contribution in [-0.2, 0) is 4.79 Å². The lowest BCUT2D eigenvalue weighted by Gasteiger charge is -2.28. The van der Waals surface area contributed by atoms with Gasteiger partial charge in [-0.25, -0.2) is 0 Å². The summed E-state index contributed by atoms with van der Waals surface area (Å²) < 4.78 is 0.321. The van der Waals surface area contributed by atoms with Crippen LogP contribution in [0.2, 0.25) is 0 Å². The van der Waals surface area contributed by atoms with Gasteiger partial charge in [-0.3, -0.25) is 24.3 Å². The fourth-order valence-electron chi connectivity index (χ4n) is 3.61. The number of carbonyl (C=O) groups excluding carboxylic acids is 3. The number of nitrogens with zero attached hydrogens (tertiary/aromatic N) is 1. The second-order valence-corrected chi connectivity index (χ2v) is 8.10. The Labute approximate surface area is 186 Å². The van der Waals surface area contributed by atoms with E-state index in [-0.39, 0.29) is 36.5 Å². The quantitative estimate of drug-likeness (QED) is 0.170. The van der Waals surface area contributed by atoms with Gasteiger partial charge in [0.2, 0.25) is 5.70 Å². The van der Waals surface area contributed by atoms with Crippen molar-refractivity contribution in [3.63, 3.8) is 0 Å². The first-order valence-electron chi connectivity index (χ1n) is 10.6. The molecule has 170 valence electrons. The van der Waals surface area contributed by atoms with Crippen molar-refractivity contribution in [2.45, 2.75) is 25.3 Å². The minimum atomic E-state index is -0.331. The van der Waals surface area contributed by atoms with Gasteiger partial charge in [-0.2, -0.15) is 0 Å². The van der Waals surface area contributed by atoms with Crippen molar-refractivity contribution in [2.75, 3.05) is 26.7 Å². The maximum Gasteiger partial charge on any atom is 0.305 e. The molecule has 0 saturated heterocycles. The topological polar surface area (TPSA) is 163 Å². The van der Waals surface area contributed by atoms with Crippen molar-refractivity contribution in [3.05, 3.63) is 59.1 Å². The lowest BCUT2D eigenvalue weighted by molar-refractivity contribution is -0.825. The molecule has 10 nitrogen and oxygen atoms in total. The Hall–Kier alpha value is -3.50. The van der Waals surface area contributed by atoms with Crippen molar-refractivity contribution < 1.29 is 18.9 Å². The van der Waals surface area contributed by atoms with Crippen LogP contribution < -0.4 is 27.4 Å². The number of nitrogens with one attached hydrogen (secondary N) is 4. The summed E-state index contributed by atoms with van der Waals surface area (Å²) >= 11 is 0. The molecule has 0 bridgehead atoms. The Balaban J connectivity index is 1.68. The van der Waals surface area contributed by atoms with Crippen LogP contribution in [0.5, 0.6) is 0 Å². The molecule has 1 aromatic rings. The molecule has 1 saturated carbocycles. The van der Waals surface area contributed by atoms with E-state index in [1.165, 1.54) is 0 Å². The van der Waals surface area contributed by atoms with E-state index in [0.717, 1.165) is 12.8 Å². The SMILES string of the molecule is C[N+]1(C2CC2)C=C(NC(=O)c2ccc(C(=O)NCCN)cc2)C=C1C(=O)NCCC(=N)N. The van der Waals surface area contributed by atoms with Gasteiger partial charge in [0.05, 0.1) is 18.9 Å². The Bertz CT molecular complexity index is 980. The Kier molecular flexibility index (Phi) is 7.06. The van der Waals surface area contributed by atoms with Crippen LogP contribution in [0.3, 0.4) is 0 Å². The van der Waals surface area contributed by atoms with Gasteiger partial charge in [0.25, 0.3) is 11.8 Å². The van der Waals surface area contributed by atoms with Gasteiger partial charge >= 0.3 is 5.91 Å². The molecule has 3 amide bonds. The average molecular weight is 441 g/mol. The van der Waals surface area contributed by atoms with Gasteiger partial charge in [-0.1, -0.05) is 0 Å². The Morgan fingerprint density at radius 1 is 1.03 bits per heavy atom. The molecule has 10 heteroatoms. The van der Waals surface area contributed by atoms with Gasteiger partial charge in [0.15, 0.2) is 0 Å². The van der Waals surface area contributed by atoms with Crippen molar-refractivity contribution >= 4 is 23.6 Å². The number of allylic oxidation sites excluding steroid dienone is 1. The lowest BCUT2D eigenvalue weighted by Crippen LogP contribution is -2.45. The summed E-state index contributed by atoms with van der Waals surface area (Å²) in [6, 6.07) is 6.61. The molecular weight excluding hydrogens is 410 g/mol. The van der Waals surface area contributed by atoms with Gasteiger partial charge in [0.1, 0.15) is 11.9 Å². The fourth-order valence-corrected chi connectivity index (χ4v) is 3.61. The van der Waals surface area contributed by atoms with E-state index in [2.05, 4.69) is 16.0 Å². The molecule has 1 heterocycles. The third-order valence-electron chi connectivity index (χ3n) is 5.53. The molecule has 1 aromatic carbocycles. The normalized spacial score (nSPS) is 19.6. The van der Waals surface area contributed by atoms with E-state index < -0.39 is 0 Å². The van der Waals surface area contributed by atoms with E-state index in [0.29, 0.717) is 46.1 Å². The molecule has 1 aliphatic carbocycles. The molecule has 2 aliphatic rings. The first-order chi connectivity index (χ1) is 15.2. The van der Waals surface area contributed by atoms with E-state index in [9.17, 15) is 14.4 Å². The number of quaternary nitrogens is 1. The van der Waals surface area contributed by atoms with Gasteiger partial charge in [-0.15, -0.1) is 0 Å². The average Bonchev–Trinajstić information content (AvgIpc) is 3.56. The summed E-state index contributed by atoms with van der Waals surface area (Å²) in [5, 5.41) is 15.6. The highest BCUT2D eigenvalue weighted by molar-refractivity contribution is 5.99. The number of nitrogens with two attached hydrogens (primary N) is 2. The molecule has 1 unspecified atom stereocenters. The number of likely N-dealkylation sites (N-methyl/N-ethyl adjacent to an activating group) is 1. The number of carbonyl (C=O) groups is 3. The largest absolute Gasteiger partial charge is 0.388 e. The molecule has 0 radical (unpaired) electrons. The molecule has 1 aliphatic heterocycles. The number of rotatable bonds is 10. The smallest absolute Gasteiger partial charge is 0.305 e. The van der Waals surface area contributed by atoms with Crippen LogP contribution in [0, 0.1) is 5.41 Å². The Morgan fingerprint density at radius 2 is 1.62 bits per heavy atom. The van der Waals surface area contributed by atoms with Crippen molar-refractivity contribution in [1.29, 1.82) is 5.41 Å². The first kappa shape index (κ1) is 23.2. The lowest BCUT2D eigenvalue weighted by atomic mass is 10.1. The highest BCUT2D eigenvalue weighted by Crippen LogP contribution is 2.40. The molecule has 0 aromatic heterocycles. The minimum Gasteiger partial charge on any atom is -0.388 e. The van der Waals surface area contributed by atoms with Crippen LogP contribution in [-0.4, -0.2) is 60.8 Å². The molecule has 1 atom stereocenters. The molecule has 1 fully saturated rings. The first-order valence-corrected chi connectivity index (χ1v) is 10.6. The fraction of sp³-hybridized carbons (Fsp3) is 0.364. The van der Waals surface area contributed by atoms with Crippen LogP contribution in [0.4, 0.5) is 0 Å². The van der Waals surface area contributed by atoms with E-state index in [1.807, 2.05) is 13.2 Å². The van der Waals surface area contributed by atoms with Gasteiger partial charge in [-0.05, 0) is 24.3 Å². The molecule has 8 N–H and O–H groups in total. The van der Waals surface area contributed by atoms with Crippen molar-refractivity contribution in [3.8, 4) is 0 Å². The van der Waals surface area contributed by atoms with Crippen LogP contribution >= 0.6 is 0 Å². The predicted octanol–water partition coefficient (Wildman–Crippen LogP) is -0.105. The monoisotopic (exact) mass is 440 g/mol. The Morgan fingerprint density at radius 3 is 2.19 bits per heavy atom. The summed E-state index contributed by atoms with van der Waals surface area (Å²) in [7, 11) is 1.95.